The average molecular weight is 359 g/mol. The number of nitrogens with zero attached hydrogens (tertiary/aromatic N) is 2. The zero-order chi connectivity index (χ0) is 15.4. The highest BCUT2D eigenvalue weighted by molar-refractivity contribution is 9.10. The Morgan fingerprint density at radius 2 is 2.43 bits per heavy atom. The Morgan fingerprint density at radius 1 is 1.67 bits per heavy atom. The van der Waals surface area contributed by atoms with E-state index >= 15 is 0 Å². The molecule has 8 heteroatoms. The summed E-state index contributed by atoms with van der Waals surface area (Å²) in [6.45, 7) is 0.535. The van der Waals surface area contributed by atoms with Crippen molar-refractivity contribution in [2.75, 3.05) is 13.7 Å². The Hall–Kier alpha value is -1.83. The molecule has 1 aliphatic heterocycles. The summed E-state index contributed by atoms with van der Waals surface area (Å²) in [4.78, 5) is 28.5. The summed E-state index contributed by atoms with van der Waals surface area (Å²) in [6, 6.07) is 0.244. The molecule has 114 valence electrons. The summed E-state index contributed by atoms with van der Waals surface area (Å²) in [7, 11) is 1.45. The first-order chi connectivity index (χ1) is 10.0. The monoisotopic (exact) mass is 358 g/mol. The van der Waals surface area contributed by atoms with E-state index in [9.17, 15) is 14.7 Å². The molecule has 1 N–H and O–H groups in total. The highest BCUT2D eigenvalue weighted by Gasteiger charge is 2.25. The molecule has 7 nitrogen and oxygen atoms in total. The van der Waals surface area contributed by atoms with E-state index in [-0.39, 0.29) is 6.42 Å². The fourth-order valence-electron chi connectivity index (χ4n) is 2.09. The quantitative estimate of drug-likeness (QED) is 0.866. The van der Waals surface area contributed by atoms with Crippen LogP contribution in [0.15, 0.2) is 26.7 Å². The van der Waals surface area contributed by atoms with Crippen LogP contribution in [-0.2, 0) is 9.63 Å². The molecular weight excluding hydrogens is 344 g/mol. The number of ether oxygens (including phenoxy) is 1. The van der Waals surface area contributed by atoms with Crippen LogP contribution in [0.5, 0.6) is 5.75 Å². The summed E-state index contributed by atoms with van der Waals surface area (Å²) >= 11 is 3.20. The van der Waals surface area contributed by atoms with E-state index < -0.39 is 17.6 Å². The van der Waals surface area contributed by atoms with Crippen LogP contribution in [0.3, 0.4) is 0 Å². The molecular formula is C13H15BrN2O5. The third-order valence-corrected chi connectivity index (χ3v) is 3.78. The van der Waals surface area contributed by atoms with Crippen molar-refractivity contribution >= 4 is 27.6 Å². The van der Waals surface area contributed by atoms with E-state index in [1.165, 1.54) is 19.4 Å². The van der Waals surface area contributed by atoms with Crippen LogP contribution in [0.25, 0.3) is 0 Å². The van der Waals surface area contributed by atoms with Gasteiger partial charge < -0.3 is 14.7 Å². The van der Waals surface area contributed by atoms with E-state index in [2.05, 4.69) is 21.1 Å². The van der Waals surface area contributed by atoms with Crippen molar-refractivity contribution < 1.29 is 19.5 Å². The van der Waals surface area contributed by atoms with Gasteiger partial charge in [0.15, 0.2) is 0 Å². The number of rotatable bonds is 5. The second-order valence-corrected chi connectivity index (χ2v) is 5.44. The number of carbonyl (C=O) groups is 1. The number of hydrogen-bond donors (Lipinski definition) is 1. The second kappa shape index (κ2) is 6.75. The molecule has 1 aromatic rings. The van der Waals surface area contributed by atoms with Crippen molar-refractivity contribution in [3.8, 4) is 5.75 Å². The number of pyridine rings is 1. The molecule has 2 rings (SSSR count). The van der Waals surface area contributed by atoms with Crippen LogP contribution in [0.2, 0.25) is 0 Å². The molecule has 0 spiro atoms. The highest BCUT2D eigenvalue weighted by atomic mass is 79.9. The molecule has 0 fully saturated rings. The van der Waals surface area contributed by atoms with Crippen LogP contribution in [0.4, 0.5) is 0 Å². The lowest BCUT2D eigenvalue weighted by Gasteiger charge is -2.19. The maximum atomic E-state index is 12.0. The molecule has 0 aromatic carbocycles. The van der Waals surface area contributed by atoms with E-state index in [0.717, 1.165) is 11.0 Å². The molecule has 1 aromatic heterocycles. The minimum atomic E-state index is -1.10. The van der Waals surface area contributed by atoms with E-state index in [1.54, 1.807) is 0 Å². The van der Waals surface area contributed by atoms with Crippen molar-refractivity contribution in [1.82, 2.24) is 4.57 Å². The van der Waals surface area contributed by atoms with Crippen molar-refractivity contribution in [3.05, 3.63) is 27.1 Å². The van der Waals surface area contributed by atoms with Gasteiger partial charge in [-0.1, -0.05) is 5.16 Å². The molecule has 2 heterocycles. The smallest absolute Gasteiger partial charge is 0.327 e. The fraction of sp³-hybridized carbons (Fsp3) is 0.462. The number of aliphatic carboxylic acids is 1. The number of halogens is 1. The van der Waals surface area contributed by atoms with Gasteiger partial charge in [-0.05, 0) is 28.8 Å². The topological polar surface area (TPSA) is 90.1 Å². The van der Waals surface area contributed by atoms with Gasteiger partial charge in [0.1, 0.15) is 18.4 Å². The third kappa shape index (κ3) is 3.63. The third-order valence-electron chi connectivity index (χ3n) is 3.16. The standard InChI is InChI=1S/C13H15BrN2O5/c1-20-11-7-16(12(17)6-9(11)14)10(13(18)19)5-8-3-2-4-21-15-8/h6-7,10H,2-5H2,1H3,(H,18,19). The molecule has 1 atom stereocenters. The van der Waals surface area contributed by atoms with Gasteiger partial charge in [0.05, 0.1) is 23.5 Å². The molecule has 1 unspecified atom stereocenters. The van der Waals surface area contributed by atoms with E-state index in [0.29, 0.717) is 29.0 Å². The largest absolute Gasteiger partial charge is 0.494 e. The summed E-state index contributed by atoms with van der Waals surface area (Å²) in [5.41, 5.74) is 0.217. The van der Waals surface area contributed by atoms with Gasteiger partial charge in [-0.25, -0.2) is 4.79 Å². The Balaban J connectivity index is 2.36. The van der Waals surface area contributed by atoms with Gasteiger partial charge in [0, 0.05) is 12.5 Å². The minimum Gasteiger partial charge on any atom is -0.494 e. The number of aromatic nitrogens is 1. The maximum Gasteiger partial charge on any atom is 0.327 e. The lowest BCUT2D eigenvalue weighted by molar-refractivity contribution is -0.140. The molecule has 0 radical (unpaired) electrons. The van der Waals surface area contributed by atoms with Crippen molar-refractivity contribution in [2.45, 2.75) is 25.3 Å². The van der Waals surface area contributed by atoms with Gasteiger partial charge in [0.2, 0.25) is 0 Å². The highest BCUT2D eigenvalue weighted by Crippen LogP contribution is 2.24. The number of carboxylic acid groups (broad SMARTS) is 1. The van der Waals surface area contributed by atoms with Crippen molar-refractivity contribution in [1.29, 1.82) is 0 Å². The summed E-state index contributed by atoms with van der Waals surface area (Å²) < 4.78 is 6.73. The molecule has 1 aliphatic rings. The van der Waals surface area contributed by atoms with Gasteiger partial charge in [-0.2, -0.15) is 0 Å². The number of carboxylic acids is 1. The zero-order valence-corrected chi connectivity index (χ0v) is 13.0. The average Bonchev–Trinajstić information content (AvgIpc) is 2.46. The van der Waals surface area contributed by atoms with Gasteiger partial charge in [-0.3, -0.25) is 9.36 Å². The van der Waals surface area contributed by atoms with Crippen LogP contribution < -0.4 is 10.3 Å². The normalized spacial score (nSPS) is 15.8. The molecule has 0 amide bonds. The van der Waals surface area contributed by atoms with Crippen LogP contribution in [-0.4, -0.2) is 35.1 Å². The number of hydrogen-bond acceptors (Lipinski definition) is 5. The van der Waals surface area contributed by atoms with E-state index in [1.807, 2.05) is 0 Å². The first kappa shape index (κ1) is 15.6. The minimum absolute atomic E-state index is 0.125. The van der Waals surface area contributed by atoms with Gasteiger partial charge in [0.25, 0.3) is 5.56 Å². The molecule has 0 saturated heterocycles. The molecule has 0 saturated carbocycles. The van der Waals surface area contributed by atoms with E-state index in [4.69, 9.17) is 9.57 Å². The Kier molecular flexibility index (Phi) is 5.00. The number of methoxy groups -OCH3 is 1. The Bertz CT molecular complexity index is 625. The van der Waals surface area contributed by atoms with Crippen molar-refractivity contribution in [3.63, 3.8) is 0 Å². The van der Waals surface area contributed by atoms with Crippen LogP contribution in [0, 0.1) is 0 Å². The predicted molar refractivity (Wildman–Crippen MR) is 78.9 cm³/mol. The van der Waals surface area contributed by atoms with Gasteiger partial charge in [-0.15, -0.1) is 0 Å². The van der Waals surface area contributed by atoms with Gasteiger partial charge >= 0.3 is 5.97 Å². The SMILES string of the molecule is COc1cn(C(CC2=NOCCC2)C(=O)O)c(=O)cc1Br. The summed E-state index contributed by atoms with van der Waals surface area (Å²) in [5, 5.41) is 13.3. The lowest BCUT2D eigenvalue weighted by Crippen LogP contribution is -2.31. The molecule has 0 aliphatic carbocycles. The lowest BCUT2D eigenvalue weighted by atomic mass is 10.1. The van der Waals surface area contributed by atoms with Crippen molar-refractivity contribution in [2.24, 2.45) is 5.16 Å². The summed E-state index contributed by atoms with van der Waals surface area (Å²) in [5.74, 6) is -0.711. The second-order valence-electron chi connectivity index (χ2n) is 4.59. The Morgan fingerprint density at radius 3 is 3.00 bits per heavy atom. The zero-order valence-electron chi connectivity index (χ0n) is 11.4. The fourth-order valence-corrected chi connectivity index (χ4v) is 2.55. The molecule has 21 heavy (non-hydrogen) atoms. The predicted octanol–water partition coefficient (Wildman–Crippen LogP) is 1.80. The first-order valence-corrected chi connectivity index (χ1v) is 7.18. The Labute approximate surface area is 129 Å². The molecule has 0 bridgehead atoms. The summed E-state index contributed by atoms with van der Waals surface area (Å²) in [6.07, 6.45) is 2.98. The number of oxime groups is 1. The van der Waals surface area contributed by atoms with Crippen LogP contribution in [0.1, 0.15) is 25.3 Å². The van der Waals surface area contributed by atoms with Crippen LogP contribution >= 0.6 is 15.9 Å². The maximum absolute atomic E-state index is 12.0. The first-order valence-electron chi connectivity index (χ1n) is 6.39.